The van der Waals surface area contributed by atoms with Crippen LogP contribution in [0.5, 0.6) is 5.75 Å². The Morgan fingerprint density at radius 2 is 1.77 bits per heavy atom. The van der Waals surface area contributed by atoms with Gasteiger partial charge in [-0.1, -0.05) is 45.1 Å². The summed E-state index contributed by atoms with van der Waals surface area (Å²) in [7, 11) is -1.65. The van der Waals surface area contributed by atoms with Crippen molar-refractivity contribution in [3.63, 3.8) is 0 Å². The maximum atomic E-state index is 12.3. The lowest BCUT2D eigenvalue weighted by molar-refractivity contribution is -0.117. The van der Waals surface area contributed by atoms with Crippen LogP contribution in [0, 0.1) is 0 Å². The smallest absolute Gasteiger partial charge is 0.229 e. The first-order valence-corrected chi connectivity index (χ1v) is 12.2. The van der Waals surface area contributed by atoms with Crippen LogP contribution in [0.25, 0.3) is 12.2 Å². The van der Waals surface area contributed by atoms with Gasteiger partial charge in [0.25, 0.3) is 0 Å². The first-order chi connectivity index (χ1) is 14.5. The number of rotatable bonds is 6. The van der Waals surface area contributed by atoms with Crippen molar-refractivity contribution in [3.8, 4) is 5.75 Å². The predicted molar refractivity (Wildman–Crippen MR) is 127 cm³/mol. The SMILES string of the molecule is COc1c(C=Cc2ccc(NS(C)(=O)=O)cc2)cc(N2CCCC2=O)cc1C(C)(C)C. The van der Waals surface area contributed by atoms with Crippen molar-refractivity contribution in [1.29, 1.82) is 0 Å². The minimum absolute atomic E-state index is 0.147. The number of anilines is 2. The standard InChI is InChI=1S/C24H30N2O4S/c1-24(2,3)21-16-20(26-14-6-7-22(26)27)15-18(23(21)30-4)11-8-17-9-12-19(13-10-17)25-31(5,28)29/h8-13,15-16,25H,6-7,14H2,1-5H3. The second-order valence-corrected chi connectivity index (χ2v) is 10.6. The molecule has 3 rings (SSSR count). The largest absolute Gasteiger partial charge is 0.496 e. The molecule has 0 bridgehead atoms. The zero-order chi connectivity index (χ0) is 22.8. The highest BCUT2D eigenvalue weighted by Gasteiger charge is 2.27. The molecule has 0 unspecified atom stereocenters. The monoisotopic (exact) mass is 442 g/mol. The van der Waals surface area contributed by atoms with E-state index in [4.69, 9.17) is 4.74 Å². The van der Waals surface area contributed by atoms with Gasteiger partial charge in [-0.15, -0.1) is 0 Å². The fraction of sp³-hybridized carbons (Fsp3) is 0.375. The van der Waals surface area contributed by atoms with Gasteiger partial charge in [-0.3, -0.25) is 9.52 Å². The highest BCUT2D eigenvalue weighted by atomic mass is 32.2. The highest BCUT2D eigenvalue weighted by Crippen LogP contribution is 2.39. The molecule has 0 aromatic heterocycles. The van der Waals surface area contributed by atoms with Crippen LogP contribution in [0.3, 0.4) is 0 Å². The van der Waals surface area contributed by atoms with Gasteiger partial charge in [0, 0.05) is 35.5 Å². The van der Waals surface area contributed by atoms with E-state index in [0.29, 0.717) is 12.1 Å². The van der Waals surface area contributed by atoms with Crippen molar-refractivity contribution in [3.05, 3.63) is 53.1 Å². The lowest BCUT2D eigenvalue weighted by atomic mass is 9.84. The van der Waals surface area contributed by atoms with E-state index in [0.717, 1.165) is 47.3 Å². The number of nitrogens with one attached hydrogen (secondary N) is 1. The molecule has 0 radical (unpaired) electrons. The van der Waals surface area contributed by atoms with Gasteiger partial charge in [0.15, 0.2) is 0 Å². The molecule has 7 heteroatoms. The maximum Gasteiger partial charge on any atom is 0.229 e. The molecule has 1 fully saturated rings. The Morgan fingerprint density at radius 1 is 1.10 bits per heavy atom. The van der Waals surface area contributed by atoms with Crippen LogP contribution in [-0.4, -0.2) is 34.2 Å². The van der Waals surface area contributed by atoms with Crippen LogP contribution in [-0.2, 0) is 20.2 Å². The normalized spacial score (nSPS) is 15.0. The Labute approximate surface area is 185 Å². The molecule has 31 heavy (non-hydrogen) atoms. The zero-order valence-corrected chi connectivity index (χ0v) is 19.5. The summed E-state index contributed by atoms with van der Waals surface area (Å²) in [5, 5.41) is 0. The van der Waals surface area contributed by atoms with Crippen molar-refractivity contribution >= 4 is 39.5 Å². The summed E-state index contributed by atoms with van der Waals surface area (Å²) >= 11 is 0. The molecule has 166 valence electrons. The number of ether oxygens (including phenoxy) is 1. The second-order valence-electron chi connectivity index (χ2n) is 8.84. The summed E-state index contributed by atoms with van der Waals surface area (Å²) in [6.07, 6.45) is 6.49. The third-order valence-corrected chi connectivity index (χ3v) is 5.78. The van der Waals surface area contributed by atoms with E-state index < -0.39 is 10.0 Å². The molecule has 0 saturated carbocycles. The number of carbonyl (C=O) groups is 1. The fourth-order valence-corrected chi connectivity index (χ4v) is 4.25. The quantitative estimate of drug-likeness (QED) is 0.660. The lowest BCUT2D eigenvalue weighted by Gasteiger charge is -2.27. The average Bonchev–Trinajstić information content (AvgIpc) is 3.10. The number of hydrogen-bond acceptors (Lipinski definition) is 4. The van der Waals surface area contributed by atoms with E-state index in [9.17, 15) is 13.2 Å². The Bertz CT molecular complexity index is 1100. The van der Waals surface area contributed by atoms with Crippen molar-refractivity contribution in [2.24, 2.45) is 0 Å². The molecule has 1 N–H and O–H groups in total. The summed E-state index contributed by atoms with van der Waals surface area (Å²) in [4.78, 5) is 14.2. The molecule has 1 aliphatic heterocycles. The van der Waals surface area contributed by atoms with Gasteiger partial charge in [0.1, 0.15) is 5.75 Å². The summed E-state index contributed by atoms with van der Waals surface area (Å²) < 4.78 is 31.0. The molecule has 1 heterocycles. The van der Waals surface area contributed by atoms with E-state index >= 15 is 0 Å². The highest BCUT2D eigenvalue weighted by molar-refractivity contribution is 7.92. The van der Waals surface area contributed by atoms with E-state index in [1.54, 1.807) is 19.2 Å². The molecule has 0 spiro atoms. The molecule has 0 aliphatic carbocycles. The lowest BCUT2D eigenvalue weighted by Crippen LogP contribution is -2.25. The summed E-state index contributed by atoms with van der Waals surface area (Å²) in [5.74, 6) is 0.934. The number of hydrogen-bond donors (Lipinski definition) is 1. The molecule has 1 amide bonds. The molecule has 6 nitrogen and oxygen atoms in total. The molecule has 1 saturated heterocycles. The van der Waals surface area contributed by atoms with Crippen molar-refractivity contribution in [2.45, 2.75) is 39.0 Å². The third kappa shape index (κ3) is 5.67. The van der Waals surface area contributed by atoms with Crippen LogP contribution in [0.4, 0.5) is 11.4 Å². The molecular weight excluding hydrogens is 412 g/mol. The Morgan fingerprint density at radius 3 is 2.29 bits per heavy atom. The molecule has 2 aromatic rings. The number of amides is 1. The molecular formula is C24H30N2O4S. The van der Waals surface area contributed by atoms with Crippen molar-refractivity contribution < 1.29 is 17.9 Å². The average molecular weight is 443 g/mol. The topological polar surface area (TPSA) is 75.7 Å². The Balaban J connectivity index is 1.99. The minimum atomic E-state index is -3.31. The van der Waals surface area contributed by atoms with Crippen LogP contribution in [0.15, 0.2) is 36.4 Å². The Kier molecular flexibility index (Phi) is 6.46. The summed E-state index contributed by atoms with van der Waals surface area (Å²) in [5.41, 5.74) is 4.09. The number of methoxy groups -OCH3 is 1. The first-order valence-electron chi connectivity index (χ1n) is 10.3. The maximum absolute atomic E-state index is 12.3. The second kappa shape index (κ2) is 8.75. The number of nitrogens with zero attached hydrogens (tertiary/aromatic N) is 1. The van der Waals surface area contributed by atoms with Gasteiger partial charge in [-0.2, -0.15) is 0 Å². The Hall–Kier alpha value is -2.80. The van der Waals surface area contributed by atoms with E-state index in [-0.39, 0.29) is 11.3 Å². The van der Waals surface area contributed by atoms with E-state index in [2.05, 4.69) is 31.6 Å². The number of benzene rings is 2. The van der Waals surface area contributed by atoms with E-state index in [1.165, 1.54) is 0 Å². The van der Waals surface area contributed by atoms with Crippen LogP contribution < -0.4 is 14.4 Å². The van der Waals surface area contributed by atoms with Gasteiger partial charge in [-0.25, -0.2) is 8.42 Å². The summed E-state index contributed by atoms with van der Waals surface area (Å²) in [6.45, 7) is 7.11. The van der Waals surface area contributed by atoms with Gasteiger partial charge >= 0.3 is 0 Å². The number of carbonyl (C=O) groups excluding carboxylic acids is 1. The van der Waals surface area contributed by atoms with Gasteiger partial charge in [-0.05, 0) is 41.7 Å². The third-order valence-electron chi connectivity index (χ3n) is 5.17. The van der Waals surface area contributed by atoms with Gasteiger partial charge in [0.2, 0.25) is 15.9 Å². The zero-order valence-electron chi connectivity index (χ0n) is 18.7. The van der Waals surface area contributed by atoms with E-state index in [1.807, 2.05) is 35.3 Å². The molecule has 0 atom stereocenters. The fourth-order valence-electron chi connectivity index (χ4n) is 3.68. The van der Waals surface area contributed by atoms with Crippen LogP contribution >= 0.6 is 0 Å². The number of sulfonamides is 1. The van der Waals surface area contributed by atoms with Gasteiger partial charge < -0.3 is 9.64 Å². The van der Waals surface area contributed by atoms with Crippen molar-refractivity contribution in [2.75, 3.05) is 29.5 Å². The predicted octanol–water partition coefficient (Wildman–Crippen LogP) is 4.66. The molecule has 1 aliphatic rings. The summed E-state index contributed by atoms with van der Waals surface area (Å²) in [6, 6.07) is 11.2. The first kappa shape index (κ1) is 22.9. The molecule has 2 aromatic carbocycles. The van der Waals surface area contributed by atoms with Crippen molar-refractivity contribution in [1.82, 2.24) is 0 Å². The minimum Gasteiger partial charge on any atom is -0.496 e. The van der Waals surface area contributed by atoms with Gasteiger partial charge in [0.05, 0.1) is 13.4 Å². The van der Waals surface area contributed by atoms with Crippen LogP contribution in [0.1, 0.15) is 50.3 Å². The van der Waals surface area contributed by atoms with Crippen LogP contribution in [0.2, 0.25) is 0 Å².